The minimum atomic E-state index is -0.682. The van der Waals surface area contributed by atoms with Crippen molar-refractivity contribution in [2.24, 2.45) is 11.5 Å². The van der Waals surface area contributed by atoms with E-state index < -0.39 is 17.7 Å². The lowest BCUT2D eigenvalue weighted by Gasteiger charge is -2.13. The highest BCUT2D eigenvalue weighted by atomic mass is 16.5. The molecular formula is C44H49N13O6. The quantitative estimate of drug-likeness (QED) is 0.0639. The molecule has 3 amide bonds. The van der Waals surface area contributed by atoms with Crippen molar-refractivity contribution in [1.82, 2.24) is 43.6 Å². The maximum absolute atomic E-state index is 13.8. The van der Waals surface area contributed by atoms with Crippen molar-refractivity contribution in [3.8, 4) is 29.1 Å². The van der Waals surface area contributed by atoms with E-state index in [-0.39, 0.29) is 43.2 Å². The molecule has 5 heterocycles. The number of hydrogen-bond donors (Lipinski definition) is 3. The van der Waals surface area contributed by atoms with Gasteiger partial charge in [-0.2, -0.15) is 15.5 Å². The topological polar surface area (TPSA) is 251 Å². The summed E-state index contributed by atoms with van der Waals surface area (Å²) in [6.45, 7) is 10.1. The van der Waals surface area contributed by atoms with E-state index in [1.54, 1.807) is 46.8 Å². The molecule has 0 saturated heterocycles. The summed E-state index contributed by atoms with van der Waals surface area (Å²) in [6, 6.07) is 12.2. The van der Waals surface area contributed by atoms with Crippen LogP contribution in [-0.4, -0.2) is 88.3 Å². The highest BCUT2D eigenvalue weighted by Gasteiger charge is 2.23. The number of allylic oxidation sites excluding steroid dienone is 2. The zero-order valence-corrected chi connectivity index (χ0v) is 35.8. The molecule has 0 aliphatic carbocycles. The lowest BCUT2D eigenvalue weighted by atomic mass is 10.1. The van der Waals surface area contributed by atoms with Crippen molar-refractivity contribution < 1.29 is 28.6 Å². The number of imidazole rings is 1. The van der Waals surface area contributed by atoms with E-state index in [0.29, 0.717) is 101 Å². The van der Waals surface area contributed by atoms with E-state index >= 15 is 0 Å². The van der Waals surface area contributed by atoms with Gasteiger partial charge in [0.1, 0.15) is 34.1 Å². The summed E-state index contributed by atoms with van der Waals surface area (Å²) in [5, 5.41) is 22.5. The second kappa shape index (κ2) is 19.0. The number of carbonyl (C=O) groups excluding carboxylic acids is 3. The Morgan fingerprint density at radius 2 is 1.44 bits per heavy atom. The molecule has 0 spiro atoms. The number of aryl methyl sites for hydroxylation is 4. The standard InChI is InChI=1S/C44H49N13O6/c1-6-56-33(19-26(3)52-56)41-48-25-31-30-21-28(39(46)58)23-35(63-18-12-16-61-5)37(30)54(42(31)50-41)14-9-10-15-55-38-32(22-29(40(47)59)24-36(38)62-17-11-8-13-45)49-44(55)51-43(60)34-20-27(4)53-57(34)7-2/h9-10,19-25H,6-8,11-12,14-18H2,1-5H3,(H2,46,58)(H2,47,59)(H,49,51,60). The first-order chi connectivity index (χ1) is 30.5. The van der Waals surface area contributed by atoms with E-state index in [4.69, 9.17) is 45.9 Å². The maximum Gasteiger partial charge on any atom is 0.276 e. The van der Waals surface area contributed by atoms with Crippen LogP contribution in [0.15, 0.2) is 54.7 Å². The number of methoxy groups -OCH3 is 1. The van der Waals surface area contributed by atoms with Crippen LogP contribution in [0, 0.1) is 25.2 Å². The minimum Gasteiger partial charge on any atom is -0.491 e. The Kier molecular flexibility index (Phi) is 13.1. The molecule has 0 aliphatic heterocycles. The molecule has 0 atom stereocenters. The van der Waals surface area contributed by atoms with Crippen LogP contribution in [0.2, 0.25) is 0 Å². The maximum atomic E-state index is 13.8. The molecule has 0 aliphatic rings. The van der Waals surface area contributed by atoms with Crippen LogP contribution in [0.1, 0.15) is 75.7 Å². The van der Waals surface area contributed by atoms with Crippen molar-refractivity contribution in [2.45, 2.75) is 73.1 Å². The van der Waals surface area contributed by atoms with E-state index in [0.717, 1.165) is 11.4 Å². The van der Waals surface area contributed by atoms with Gasteiger partial charge in [-0.05, 0) is 70.5 Å². The SMILES string of the molecule is CCn1nc(C)cc1C(=O)Nc1nc2cc(C(N)=O)cc(OCCCC#N)c2n1CC=CCn1c2nc(-c3cc(C)nn3CC)ncc2c2cc(C(N)=O)cc(OCCCOC)c21. The monoisotopic (exact) mass is 855 g/mol. The fourth-order valence-electron chi connectivity index (χ4n) is 7.46. The van der Waals surface area contributed by atoms with Crippen molar-refractivity contribution in [1.29, 1.82) is 5.26 Å². The smallest absolute Gasteiger partial charge is 0.276 e. The molecule has 326 valence electrons. The van der Waals surface area contributed by atoms with Gasteiger partial charge >= 0.3 is 0 Å². The molecule has 63 heavy (non-hydrogen) atoms. The third-order valence-electron chi connectivity index (χ3n) is 10.3. The molecule has 7 aromatic rings. The highest BCUT2D eigenvalue weighted by molar-refractivity contribution is 6.12. The predicted octanol–water partition coefficient (Wildman–Crippen LogP) is 5.46. The summed E-state index contributed by atoms with van der Waals surface area (Å²) >= 11 is 0. The van der Waals surface area contributed by atoms with Gasteiger partial charge in [0.15, 0.2) is 5.82 Å². The van der Waals surface area contributed by atoms with Gasteiger partial charge in [0.2, 0.25) is 17.8 Å². The zero-order valence-electron chi connectivity index (χ0n) is 35.8. The summed E-state index contributed by atoms with van der Waals surface area (Å²) in [4.78, 5) is 53.5. The van der Waals surface area contributed by atoms with Crippen molar-refractivity contribution in [3.63, 3.8) is 0 Å². The third-order valence-corrected chi connectivity index (χ3v) is 10.3. The number of unbranched alkanes of at least 4 members (excludes halogenated alkanes) is 1. The molecule has 7 rings (SSSR count). The van der Waals surface area contributed by atoms with Crippen molar-refractivity contribution >= 4 is 56.6 Å². The Labute approximate surface area is 362 Å². The summed E-state index contributed by atoms with van der Waals surface area (Å²) in [5.74, 6) is -0.317. The number of nitrogens with zero attached hydrogens (tertiary/aromatic N) is 10. The number of hydrogen-bond acceptors (Lipinski definition) is 12. The Morgan fingerprint density at radius 1 is 0.794 bits per heavy atom. The molecule has 19 heteroatoms. The largest absolute Gasteiger partial charge is 0.491 e. The fraction of sp³-hybridized carbons (Fsp3) is 0.341. The van der Waals surface area contributed by atoms with E-state index in [1.165, 1.54) is 6.07 Å². The first-order valence-corrected chi connectivity index (χ1v) is 20.6. The molecule has 0 unspecified atom stereocenters. The van der Waals surface area contributed by atoms with Crippen LogP contribution < -0.4 is 26.3 Å². The normalized spacial score (nSPS) is 11.6. The van der Waals surface area contributed by atoms with Gasteiger partial charge in [-0.3, -0.25) is 29.1 Å². The molecule has 5 N–H and O–H groups in total. The minimum absolute atomic E-state index is 0.167. The Balaban J connectivity index is 1.34. The van der Waals surface area contributed by atoms with Gasteiger partial charge in [0.05, 0.1) is 41.7 Å². The third kappa shape index (κ3) is 9.06. The molecule has 2 aromatic carbocycles. The molecular weight excluding hydrogens is 807 g/mol. The number of carbonyl (C=O) groups is 3. The van der Waals surface area contributed by atoms with Gasteiger partial charge in [-0.1, -0.05) is 12.2 Å². The second-order valence-corrected chi connectivity index (χ2v) is 14.7. The number of rotatable bonds is 20. The van der Waals surface area contributed by atoms with Crippen LogP contribution in [0.3, 0.4) is 0 Å². The number of amides is 3. The van der Waals surface area contributed by atoms with Crippen LogP contribution in [0.4, 0.5) is 5.95 Å². The van der Waals surface area contributed by atoms with Crippen LogP contribution in [0.5, 0.6) is 11.5 Å². The van der Waals surface area contributed by atoms with Gasteiger partial charge < -0.3 is 34.8 Å². The number of benzene rings is 2. The highest BCUT2D eigenvalue weighted by Crippen LogP contribution is 2.37. The lowest BCUT2D eigenvalue weighted by molar-refractivity contribution is 0.0991. The predicted molar refractivity (Wildman–Crippen MR) is 235 cm³/mol. The van der Waals surface area contributed by atoms with E-state index in [9.17, 15) is 14.4 Å². The second-order valence-electron chi connectivity index (χ2n) is 14.7. The number of aromatic nitrogens is 9. The first kappa shape index (κ1) is 43.5. The van der Waals surface area contributed by atoms with Crippen LogP contribution in [-0.2, 0) is 30.9 Å². The average Bonchev–Trinajstić information content (AvgIpc) is 4.03. The molecule has 19 nitrogen and oxygen atoms in total. The number of anilines is 1. The molecule has 0 bridgehead atoms. The Hall–Kier alpha value is -7.59. The van der Waals surface area contributed by atoms with Crippen LogP contribution >= 0.6 is 0 Å². The summed E-state index contributed by atoms with van der Waals surface area (Å²) in [6.07, 6.45) is 6.90. The number of primary amides is 2. The Bertz CT molecular complexity index is 2930. The van der Waals surface area contributed by atoms with Gasteiger partial charge in [0.25, 0.3) is 5.91 Å². The molecule has 0 saturated carbocycles. The fourth-order valence-corrected chi connectivity index (χ4v) is 7.46. The zero-order chi connectivity index (χ0) is 44.8. The number of nitrogens with one attached hydrogen (secondary N) is 1. The first-order valence-electron chi connectivity index (χ1n) is 20.6. The van der Waals surface area contributed by atoms with Gasteiger partial charge in [-0.15, -0.1) is 0 Å². The number of nitriles is 1. The molecule has 5 aromatic heterocycles. The molecule has 0 radical (unpaired) electrons. The van der Waals surface area contributed by atoms with Gasteiger partial charge in [0, 0.05) is 80.8 Å². The lowest BCUT2D eigenvalue weighted by Crippen LogP contribution is -2.20. The van der Waals surface area contributed by atoms with Crippen LogP contribution in [0.25, 0.3) is 44.5 Å². The Morgan fingerprint density at radius 3 is 2.13 bits per heavy atom. The van der Waals surface area contributed by atoms with E-state index in [2.05, 4.69) is 21.6 Å². The summed E-state index contributed by atoms with van der Waals surface area (Å²) in [7, 11) is 1.62. The van der Waals surface area contributed by atoms with Gasteiger partial charge in [-0.25, -0.2) is 15.0 Å². The number of fused-ring (bicyclic) bond motifs is 4. The summed E-state index contributed by atoms with van der Waals surface area (Å²) in [5.41, 5.74) is 16.7. The van der Waals surface area contributed by atoms with E-state index in [1.807, 2.05) is 55.2 Å². The number of nitrogens with two attached hydrogens (primary N) is 2. The number of ether oxygens (including phenoxy) is 3. The molecule has 0 fully saturated rings. The van der Waals surface area contributed by atoms with Crippen molar-refractivity contribution in [3.05, 3.63) is 83.0 Å². The average molecular weight is 856 g/mol. The summed E-state index contributed by atoms with van der Waals surface area (Å²) < 4.78 is 25.0. The van der Waals surface area contributed by atoms with Crippen molar-refractivity contribution in [2.75, 3.05) is 32.2 Å².